The predicted molar refractivity (Wildman–Crippen MR) is 120 cm³/mol. The molecule has 2 aromatic carbocycles. The van der Waals surface area contributed by atoms with E-state index in [-0.39, 0.29) is 11.9 Å². The molecule has 1 N–H and O–H groups in total. The molecule has 7 nitrogen and oxygen atoms in total. The summed E-state index contributed by atoms with van der Waals surface area (Å²) in [7, 11) is 5.14. The molecule has 0 unspecified atom stereocenters. The minimum atomic E-state index is -0.279. The zero-order chi connectivity index (χ0) is 22.0. The maximum Gasteiger partial charge on any atom is 0.322 e. The second-order valence-corrected chi connectivity index (χ2v) is 7.85. The Kier molecular flexibility index (Phi) is 6.31. The lowest BCUT2D eigenvalue weighted by Gasteiger charge is -2.19. The third kappa shape index (κ3) is 4.41. The summed E-state index contributed by atoms with van der Waals surface area (Å²) in [5, 5.41) is 3.33. The molecule has 1 heterocycles. The third-order valence-electron chi connectivity index (χ3n) is 4.89. The molecule has 8 heteroatoms. The van der Waals surface area contributed by atoms with Crippen molar-refractivity contribution in [1.29, 1.82) is 0 Å². The number of hydrogen-bond acceptors (Lipinski definition) is 3. The average molecular weight is 428 g/mol. The maximum atomic E-state index is 12.7. The Morgan fingerprint density at radius 3 is 2.50 bits per heavy atom. The van der Waals surface area contributed by atoms with Gasteiger partial charge in [0.1, 0.15) is 5.82 Å². The molecular weight excluding hydrogens is 402 g/mol. The van der Waals surface area contributed by atoms with Gasteiger partial charge in [-0.3, -0.25) is 4.79 Å². The number of nitrogens with zero attached hydrogens (tertiary/aromatic N) is 4. The number of aromatic nitrogens is 2. The Balaban J connectivity index is 1.83. The van der Waals surface area contributed by atoms with Crippen LogP contribution in [-0.4, -0.2) is 52.4 Å². The first-order chi connectivity index (χ1) is 14.2. The lowest BCUT2D eigenvalue weighted by molar-refractivity contribution is 0.0827. The van der Waals surface area contributed by atoms with Crippen LogP contribution in [0.4, 0.5) is 10.5 Å². The molecule has 0 aliphatic heterocycles. The van der Waals surface area contributed by atoms with E-state index in [9.17, 15) is 9.59 Å². The number of urea groups is 1. The van der Waals surface area contributed by atoms with Gasteiger partial charge in [-0.1, -0.05) is 17.7 Å². The number of hydrogen-bond donors (Lipinski definition) is 1. The molecule has 0 aliphatic carbocycles. The molecule has 0 radical (unpaired) electrons. The standard InChI is InChI=1S/C22H26ClN5O2/c1-6-28-19-10-8-15(21(29)26(3)4)12-18(19)24-20(28)13-27(5)22(30)25-17-9-7-14(2)11-16(17)23/h7-12H,6,13H2,1-5H3,(H,25,30). The number of benzene rings is 2. The molecule has 1 aromatic heterocycles. The van der Waals surface area contributed by atoms with Crippen LogP contribution in [0, 0.1) is 6.92 Å². The number of anilines is 1. The fourth-order valence-corrected chi connectivity index (χ4v) is 3.54. The second kappa shape index (κ2) is 8.75. The summed E-state index contributed by atoms with van der Waals surface area (Å²) in [6, 6.07) is 10.7. The van der Waals surface area contributed by atoms with Crippen molar-refractivity contribution < 1.29 is 9.59 Å². The van der Waals surface area contributed by atoms with Gasteiger partial charge in [0.2, 0.25) is 0 Å². The number of nitrogens with one attached hydrogen (secondary N) is 1. The van der Waals surface area contributed by atoms with E-state index in [1.807, 2.05) is 30.5 Å². The number of fused-ring (bicyclic) bond motifs is 1. The predicted octanol–water partition coefficient (Wildman–Crippen LogP) is 4.38. The van der Waals surface area contributed by atoms with Gasteiger partial charge in [-0.2, -0.15) is 0 Å². The minimum Gasteiger partial charge on any atom is -0.345 e. The van der Waals surface area contributed by atoms with Crippen LogP contribution in [0.2, 0.25) is 5.02 Å². The van der Waals surface area contributed by atoms with Gasteiger partial charge >= 0.3 is 6.03 Å². The SMILES string of the molecule is CCn1c(CN(C)C(=O)Nc2ccc(C)cc2Cl)nc2cc(C(=O)N(C)C)ccc21. The van der Waals surface area contributed by atoms with Gasteiger partial charge in [-0.05, 0) is 49.7 Å². The van der Waals surface area contributed by atoms with Crippen molar-refractivity contribution in [3.8, 4) is 0 Å². The normalized spacial score (nSPS) is 10.9. The fraction of sp³-hybridized carbons (Fsp3) is 0.318. The van der Waals surface area contributed by atoms with E-state index in [4.69, 9.17) is 11.6 Å². The van der Waals surface area contributed by atoms with E-state index in [0.717, 1.165) is 22.4 Å². The average Bonchev–Trinajstić information content (AvgIpc) is 3.05. The smallest absolute Gasteiger partial charge is 0.322 e. The van der Waals surface area contributed by atoms with Crippen molar-refractivity contribution in [2.45, 2.75) is 26.9 Å². The molecule has 0 atom stereocenters. The zero-order valence-electron chi connectivity index (χ0n) is 17.9. The van der Waals surface area contributed by atoms with E-state index in [0.29, 0.717) is 29.4 Å². The lowest BCUT2D eigenvalue weighted by atomic mass is 10.2. The number of aryl methyl sites for hydroxylation is 2. The van der Waals surface area contributed by atoms with Gasteiger partial charge < -0.3 is 19.7 Å². The van der Waals surface area contributed by atoms with Crippen LogP contribution in [-0.2, 0) is 13.1 Å². The van der Waals surface area contributed by atoms with Gasteiger partial charge in [0, 0.05) is 33.3 Å². The summed E-state index contributed by atoms with van der Waals surface area (Å²) in [6.07, 6.45) is 0. The Labute approximate surface area is 181 Å². The molecule has 0 aliphatic rings. The summed E-state index contributed by atoms with van der Waals surface area (Å²) >= 11 is 6.22. The summed E-state index contributed by atoms with van der Waals surface area (Å²) in [5.41, 5.74) is 3.83. The largest absolute Gasteiger partial charge is 0.345 e. The highest BCUT2D eigenvalue weighted by atomic mass is 35.5. The van der Waals surface area contributed by atoms with E-state index < -0.39 is 0 Å². The summed E-state index contributed by atoms with van der Waals surface area (Å²) in [4.78, 5) is 32.7. The van der Waals surface area contributed by atoms with Crippen LogP contribution in [0.15, 0.2) is 36.4 Å². The lowest BCUT2D eigenvalue weighted by Crippen LogP contribution is -2.32. The van der Waals surface area contributed by atoms with Crippen LogP contribution in [0.3, 0.4) is 0 Å². The highest BCUT2D eigenvalue weighted by molar-refractivity contribution is 6.33. The molecule has 0 spiro atoms. The zero-order valence-corrected chi connectivity index (χ0v) is 18.6. The van der Waals surface area contributed by atoms with E-state index in [1.165, 1.54) is 4.90 Å². The van der Waals surface area contributed by atoms with Crippen molar-refractivity contribution >= 4 is 40.3 Å². The minimum absolute atomic E-state index is 0.0732. The Morgan fingerprint density at radius 1 is 1.13 bits per heavy atom. The summed E-state index contributed by atoms with van der Waals surface area (Å²) in [5.74, 6) is 0.672. The molecule has 0 bridgehead atoms. The second-order valence-electron chi connectivity index (χ2n) is 7.44. The molecule has 3 rings (SSSR count). The number of imidazole rings is 1. The molecule has 0 fully saturated rings. The van der Waals surface area contributed by atoms with E-state index >= 15 is 0 Å². The Bertz CT molecular complexity index is 1110. The van der Waals surface area contributed by atoms with E-state index in [1.54, 1.807) is 50.3 Å². The molecular formula is C22H26ClN5O2. The highest BCUT2D eigenvalue weighted by Crippen LogP contribution is 2.24. The van der Waals surface area contributed by atoms with Crippen LogP contribution in [0.1, 0.15) is 28.7 Å². The Hall–Kier alpha value is -3.06. The third-order valence-corrected chi connectivity index (χ3v) is 5.20. The van der Waals surface area contributed by atoms with Crippen molar-refractivity contribution in [3.63, 3.8) is 0 Å². The maximum absolute atomic E-state index is 12.7. The van der Waals surface area contributed by atoms with Crippen molar-refractivity contribution in [3.05, 3.63) is 58.4 Å². The van der Waals surface area contributed by atoms with Crippen LogP contribution >= 0.6 is 11.6 Å². The van der Waals surface area contributed by atoms with Gasteiger partial charge in [-0.15, -0.1) is 0 Å². The first-order valence-corrected chi connectivity index (χ1v) is 10.1. The molecule has 0 saturated heterocycles. The van der Waals surface area contributed by atoms with Crippen molar-refractivity contribution in [2.75, 3.05) is 26.5 Å². The summed E-state index contributed by atoms with van der Waals surface area (Å²) < 4.78 is 2.04. The van der Waals surface area contributed by atoms with Crippen LogP contribution in [0.25, 0.3) is 11.0 Å². The highest BCUT2D eigenvalue weighted by Gasteiger charge is 2.17. The molecule has 3 aromatic rings. The first-order valence-electron chi connectivity index (χ1n) is 9.70. The first kappa shape index (κ1) is 21.6. The number of carbonyl (C=O) groups excluding carboxylic acids is 2. The van der Waals surface area contributed by atoms with Crippen LogP contribution < -0.4 is 5.32 Å². The number of rotatable bonds is 5. The quantitative estimate of drug-likeness (QED) is 0.656. The van der Waals surface area contributed by atoms with Crippen molar-refractivity contribution in [2.24, 2.45) is 0 Å². The van der Waals surface area contributed by atoms with Gasteiger partial charge in [0.25, 0.3) is 5.91 Å². The number of halogens is 1. The van der Waals surface area contributed by atoms with Gasteiger partial charge in [0.05, 0.1) is 28.3 Å². The van der Waals surface area contributed by atoms with Crippen molar-refractivity contribution in [1.82, 2.24) is 19.4 Å². The monoisotopic (exact) mass is 427 g/mol. The molecule has 0 saturated carbocycles. The Morgan fingerprint density at radius 2 is 1.87 bits per heavy atom. The topological polar surface area (TPSA) is 70.5 Å². The fourth-order valence-electron chi connectivity index (χ4n) is 3.26. The van der Waals surface area contributed by atoms with E-state index in [2.05, 4.69) is 10.3 Å². The van der Waals surface area contributed by atoms with Crippen LogP contribution in [0.5, 0.6) is 0 Å². The summed E-state index contributed by atoms with van der Waals surface area (Å²) in [6.45, 7) is 4.98. The van der Waals surface area contributed by atoms with Gasteiger partial charge in [0.15, 0.2) is 0 Å². The van der Waals surface area contributed by atoms with Gasteiger partial charge in [-0.25, -0.2) is 9.78 Å². The molecule has 3 amide bonds. The number of carbonyl (C=O) groups is 2. The number of amides is 3. The molecule has 158 valence electrons. The molecule has 30 heavy (non-hydrogen) atoms.